The fraction of sp³-hybridized carbons (Fsp3) is 0.545. The molecular formula is C33H37N3O10S. The maximum absolute atomic E-state index is 12.9. The predicted octanol–water partition coefficient (Wildman–Crippen LogP) is 2.87. The van der Waals surface area contributed by atoms with Gasteiger partial charge < -0.3 is 38.3 Å². The minimum absolute atomic E-state index is 0.000855. The van der Waals surface area contributed by atoms with E-state index in [0.29, 0.717) is 51.9 Å². The predicted molar refractivity (Wildman–Crippen MR) is 167 cm³/mol. The molecular weight excluding hydrogens is 630 g/mol. The first-order valence-corrected chi connectivity index (χ1v) is 16.5. The standard InChI is InChI=1S/C33H37N3O10S/c1-14-7-17-8-18-19(9-34)36-20-10-42-33(39)21(38)11-47-32(24-23(20)31-29(44-13-45-31)15(2)28(24)46-16(3)37)26(36)25(35(18)4)22(17)30(27(14)41-6)43-12-40-5/h7,18-21,25-26,32,38H,8,10-13H2,1-6H3/t18-,19-,20-,21+,25+,26?,32+/m0/s1. The average molecular weight is 668 g/mol. The Bertz CT molecular complexity index is 1690. The number of nitriles is 1. The number of thioether (sulfide) groups is 1. The summed E-state index contributed by atoms with van der Waals surface area (Å²) in [6, 6.07) is 2.30. The molecule has 2 saturated heterocycles. The normalized spacial score (nSPS) is 29.1. The van der Waals surface area contributed by atoms with Gasteiger partial charge in [0.05, 0.1) is 30.5 Å². The highest BCUT2D eigenvalue weighted by Gasteiger charge is 2.60. The number of rotatable bonds is 5. The third-order valence-electron chi connectivity index (χ3n) is 9.94. The number of hydrogen-bond acceptors (Lipinski definition) is 14. The van der Waals surface area contributed by atoms with Crippen LogP contribution in [0.5, 0.6) is 28.7 Å². The molecule has 47 heavy (non-hydrogen) atoms. The zero-order valence-electron chi connectivity index (χ0n) is 27.0. The van der Waals surface area contributed by atoms with Crippen molar-refractivity contribution in [2.45, 2.75) is 68.8 Å². The molecule has 1 N–H and O–H groups in total. The van der Waals surface area contributed by atoms with E-state index < -0.39 is 41.4 Å². The first kappa shape index (κ1) is 31.8. The smallest absolute Gasteiger partial charge is 0.335 e. The maximum atomic E-state index is 12.9. The first-order valence-electron chi connectivity index (χ1n) is 15.4. The number of esters is 2. The van der Waals surface area contributed by atoms with Crippen LogP contribution in [-0.4, -0.2) is 98.3 Å². The summed E-state index contributed by atoms with van der Waals surface area (Å²) in [5, 5.41) is 21.3. The molecule has 2 aromatic carbocycles. The van der Waals surface area contributed by atoms with E-state index >= 15 is 0 Å². The summed E-state index contributed by atoms with van der Waals surface area (Å²) in [4.78, 5) is 29.9. The van der Waals surface area contributed by atoms with Crippen molar-refractivity contribution in [2.75, 3.05) is 47.2 Å². The molecule has 13 nitrogen and oxygen atoms in total. The fourth-order valence-electron chi connectivity index (χ4n) is 8.20. The second-order valence-corrected chi connectivity index (χ2v) is 13.6. The van der Waals surface area contributed by atoms with E-state index in [0.717, 1.165) is 16.7 Å². The molecule has 0 aliphatic carbocycles. The lowest BCUT2D eigenvalue weighted by molar-refractivity contribution is -0.157. The van der Waals surface area contributed by atoms with E-state index in [1.165, 1.54) is 18.7 Å². The second-order valence-electron chi connectivity index (χ2n) is 12.4. The minimum atomic E-state index is -1.38. The molecule has 0 saturated carbocycles. The zero-order valence-corrected chi connectivity index (χ0v) is 27.8. The number of likely N-dealkylation sites (N-methyl/N-ethyl adjacent to an activating group) is 1. The Morgan fingerprint density at radius 2 is 1.89 bits per heavy atom. The zero-order chi connectivity index (χ0) is 33.3. The topological polar surface area (TPSA) is 149 Å². The Morgan fingerprint density at radius 3 is 2.60 bits per heavy atom. The lowest BCUT2D eigenvalue weighted by Crippen LogP contribution is -2.69. The van der Waals surface area contributed by atoms with Crippen LogP contribution in [0, 0.1) is 25.2 Å². The Hall–Kier alpha value is -3.74. The number of fused-ring (bicyclic) bond motifs is 9. The number of hydrogen-bond donors (Lipinski definition) is 1. The molecule has 0 amide bonds. The first-order chi connectivity index (χ1) is 22.6. The van der Waals surface area contributed by atoms with E-state index in [4.69, 9.17) is 33.2 Å². The molecule has 0 radical (unpaired) electrons. The molecule has 2 fully saturated rings. The summed E-state index contributed by atoms with van der Waals surface area (Å²) in [5.74, 6) is 1.15. The van der Waals surface area contributed by atoms with Crippen molar-refractivity contribution in [3.63, 3.8) is 0 Å². The van der Waals surface area contributed by atoms with Crippen molar-refractivity contribution in [3.8, 4) is 34.8 Å². The van der Waals surface area contributed by atoms with E-state index in [-0.39, 0.29) is 38.0 Å². The third-order valence-corrected chi connectivity index (χ3v) is 11.3. The van der Waals surface area contributed by atoms with Gasteiger partial charge in [-0.2, -0.15) is 5.26 Å². The van der Waals surface area contributed by atoms with Crippen LogP contribution >= 0.6 is 11.8 Å². The van der Waals surface area contributed by atoms with Gasteiger partial charge in [0.2, 0.25) is 6.79 Å². The van der Waals surface area contributed by atoms with E-state index in [1.54, 1.807) is 14.2 Å². The molecule has 7 rings (SSSR count). The van der Waals surface area contributed by atoms with Crippen LogP contribution < -0.4 is 23.7 Å². The van der Waals surface area contributed by atoms with Crippen molar-refractivity contribution in [2.24, 2.45) is 0 Å². The molecule has 5 aliphatic rings. The largest absolute Gasteiger partial charge is 0.493 e. The van der Waals surface area contributed by atoms with Crippen molar-refractivity contribution < 1.29 is 47.9 Å². The highest BCUT2D eigenvalue weighted by atomic mass is 32.2. The summed E-state index contributed by atoms with van der Waals surface area (Å²) in [6.07, 6.45) is -0.829. The van der Waals surface area contributed by atoms with Crippen LogP contribution in [0.1, 0.15) is 57.6 Å². The molecule has 14 heteroatoms. The SMILES string of the molecule is COCOc1c(OC)c(C)cc2c1[C@@H]1C3[C@@H]4SC[C@@H](O)C(=O)OC[C@@H](c5c6c(c(C)c(OC(C)=O)c54)OCO6)N3[C@@H](C#N)[C@H](C2)N1C. The number of methoxy groups -OCH3 is 2. The highest BCUT2D eigenvalue weighted by Crippen LogP contribution is 2.64. The van der Waals surface area contributed by atoms with Crippen molar-refractivity contribution in [3.05, 3.63) is 39.4 Å². The number of cyclic esters (lactones) is 1. The van der Waals surface area contributed by atoms with Crippen molar-refractivity contribution in [1.82, 2.24) is 9.80 Å². The summed E-state index contributed by atoms with van der Waals surface area (Å²) >= 11 is 1.35. The Balaban J connectivity index is 1.56. The Labute approximate surface area is 276 Å². The van der Waals surface area contributed by atoms with E-state index in [2.05, 4.69) is 21.9 Å². The van der Waals surface area contributed by atoms with Crippen molar-refractivity contribution >= 4 is 23.7 Å². The summed E-state index contributed by atoms with van der Waals surface area (Å²) < 4.78 is 41.3. The number of benzene rings is 2. The number of nitrogens with zero attached hydrogens (tertiary/aromatic N) is 3. The van der Waals surface area contributed by atoms with Crippen LogP contribution in [0.3, 0.4) is 0 Å². The second kappa shape index (κ2) is 12.1. The van der Waals surface area contributed by atoms with Crippen LogP contribution in [0.2, 0.25) is 0 Å². The van der Waals surface area contributed by atoms with Crippen LogP contribution in [0.15, 0.2) is 6.07 Å². The third kappa shape index (κ3) is 4.74. The van der Waals surface area contributed by atoms with Crippen LogP contribution in [0.25, 0.3) is 0 Å². The minimum Gasteiger partial charge on any atom is -0.493 e. The molecule has 5 aliphatic heterocycles. The van der Waals surface area contributed by atoms with Gasteiger partial charge >= 0.3 is 11.9 Å². The van der Waals surface area contributed by atoms with E-state index in [1.807, 2.05) is 20.9 Å². The van der Waals surface area contributed by atoms with Gasteiger partial charge in [0, 0.05) is 54.1 Å². The van der Waals surface area contributed by atoms with Gasteiger partial charge in [-0.25, -0.2) is 4.79 Å². The molecule has 7 atom stereocenters. The van der Waals surface area contributed by atoms with Gasteiger partial charge in [0.25, 0.3) is 0 Å². The number of carbonyl (C=O) groups is 2. The van der Waals surface area contributed by atoms with Gasteiger partial charge in [-0.3, -0.25) is 14.6 Å². The molecule has 250 valence electrons. The summed E-state index contributed by atoms with van der Waals surface area (Å²) in [5.41, 5.74) is 4.78. The molecule has 1 unspecified atom stereocenters. The number of ether oxygens (including phenoxy) is 7. The van der Waals surface area contributed by atoms with E-state index in [9.17, 15) is 20.0 Å². The van der Waals surface area contributed by atoms with Crippen LogP contribution in [0.4, 0.5) is 0 Å². The van der Waals surface area contributed by atoms with Crippen molar-refractivity contribution in [1.29, 1.82) is 5.26 Å². The Morgan fingerprint density at radius 1 is 1.13 bits per heavy atom. The monoisotopic (exact) mass is 667 g/mol. The number of carbonyl (C=O) groups excluding carboxylic acids is 2. The lowest BCUT2D eigenvalue weighted by atomic mass is 9.71. The lowest BCUT2D eigenvalue weighted by Gasteiger charge is -2.61. The summed E-state index contributed by atoms with van der Waals surface area (Å²) in [7, 11) is 5.17. The molecule has 4 bridgehead atoms. The van der Waals surface area contributed by atoms with Crippen LogP contribution in [-0.2, 0) is 25.5 Å². The quantitative estimate of drug-likeness (QED) is 0.283. The van der Waals surface area contributed by atoms with Gasteiger partial charge in [0.15, 0.2) is 35.9 Å². The molecule has 0 aromatic heterocycles. The van der Waals surface area contributed by atoms with Gasteiger partial charge in [-0.1, -0.05) is 6.07 Å². The highest BCUT2D eigenvalue weighted by molar-refractivity contribution is 7.99. The molecule has 5 heterocycles. The molecule has 2 aromatic rings. The van der Waals surface area contributed by atoms with Gasteiger partial charge in [-0.15, -0.1) is 11.8 Å². The molecule has 0 spiro atoms. The number of aliphatic hydroxyl groups is 1. The van der Waals surface area contributed by atoms with Gasteiger partial charge in [-0.05, 0) is 38.4 Å². The van der Waals surface area contributed by atoms with Gasteiger partial charge in [0.1, 0.15) is 18.4 Å². The number of piperazine rings is 1. The average Bonchev–Trinajstić information content (AvgIpc) is 3.53. The fourth-order valence-corrected chi connectivity index (χ4v) is 9.61. The maximum Gasteiger partial charge on any atom is 0.335 e. The summed E-state index contributed by atoms with van der Waals surface area (Å²) in [6.45, 7) is 4.90. The number of aliphatic hydroxyl groups excluding tert-OH is 1. The Kier molecular flexibility index (Phi) is 8.16. The number of aryl methyl sites for hydroxylation is 1.